The van der Waals surface area contributed by atoms with E-state index in [0.29, 0.717) is 31.1 Å². The van der Waals surface area contributed by atoms with Crippen molar-refractivity contribution in [2.75, 3.05) is 41.9 Å². The van der Waals surface area contributed by atoms with E-state index in [0.717, 1.165) is 29.9 Å². The summed E-state index contributed by atoms with van der Waals surface area (Å²) in [7, 11) is 0. The Morgan fingerprint density at radius 2 is 1.73 bits per heavy atom. The number of nitrogens with one attached hydrogen (secondary N) is 2. The monoisotopic (exact) mass is 403 g/mol. The molecule has 1 aromatic heterocycles. The van der Waals surface area contributed by atoms with E-state index in [9.17, 15) is 0 Å². The number of nitrogens with zero attached hydrogens (tertiary/aromatic N) is 5. The highest BCUT2D eigenvalue weighted by molar-refractivity contribution is 5.82. The molecule has 3 aromatic rings. The SMILES string of the molecule is Cc1ccc(/C=N\Nc2nc(Nc3ccccc3)nc(N3CCOCC3)n2)c(C)c1. The van der Waals surface area contributed by atoms with Crippen LogP contribution in [0.4, 0.5) is 23.5 Å². The topological polar surface area (TPSA) is 87.6 Å². The Morgan fingerprint density at radius 1 is 0.967 bits per heavy atom. The van der Waals surface area contributed by atoms with Crippen molar-refractivity contribution in [3.8, 4) is 0 Å². The number of ether oxygens (including phenoxy) is 1. The molecule has 0 bridgehead atoms. The largest absolute Gasteiger partial charge is 0.378 e. The molecule has 2 aromatic carbocycles. The molecule has 1 aliphatic rings. The number of anilines is 4. The zero-order chi connectivity index (χ0) is 20.8. The maximum Gasteiger partial charge on any atom is 0.250 e. The Labute approximate surface area is 176 Å². The molecule has 0 saturated carbocycles. The van der Waals surface area contributed by atoms with Crippen LogP contribution in [0.1, 0.15) is 16.7 Å². The first-order valence-electron chi connectivity index (χ1n) is 9.94. The molecule has 1 aliphatic heterocycles. The molecule has 0 aliphatic carbocycles. The minimum atomic E-state index is 0.380. The summed E-state index contributed by atoms with van der Waals surface area (Å²) in [4.78, 5) is 15.7. The number of morpholine rings is 1. The number of para-hydroxylation sites is 1. The van der Waals surface area contributed by atoms with Gasteiger partial charge in [0.2, 0.25) is 17.8 Å². The van der Waals surface area contributed by atoms with Gasteiger partial charge in [-0.3, -0.25) is 0 Å². The van der Waals surface area contributed by atoms with E-state index in [4.69, 9.17) is 4.74 Å². The molecule has 1 saturated heterocycles. The maximum atomic E-state index is 5.44. The summed E-state index contributed by atoms with van der Waals surface area (Å²) in [6.07, 6.45) is 1.78. The average molecular weight is 403 g/mol. The average Bonchev–Trinajstić information content (AvgIpc) is 2.76. The molecule has 1 fully saturated rings. The molecule has 8 heteroatoms. The zero-order valence-electron chi connectivity index (χ0n) is 17.2. The molecule has 8 nitrogen and oxygen atoms in total. The van der Waals surface area contributed by atoms with Crippen LogP contribution in [-0.2, 0) is 4.74 Å². The van der Waals surface area contributed by atoms with Gasteiger partial charge in [0.25, 0.3) is 0 Å². The lowest BCUT2D eigenvalue weighted by molar-refractivity contribution is 0.122. The van der Waals surface area contributed by atoms with Crippen LogP contribution >= 0.6 is 0 Å². The van der Waals surface area contributed by atoms with Crippen LogP contribution < -0.4 is 15.6 Å². The molecule has 4 rings (SSSR count). The fraction of sp³-hybridized carbons (Fsp3) is 0.273. The van der Waals surface area contributed by atoms with E-state index < -0.39 is 0 Å². The van der Waals surface area contributed by atoms with E-state index in [2.05, 4.69) is 61.7 Å². The van der Waals surface area contributed by atoms with Crippen LogP contribution in [0.5, 0.6) is 0 Å². The summed E-state index contributed by atoms with van der Waals surface area (Å²) in [6.45, 7) is 6.92. The molecule has 30 heavy (non-hydrogen) atoms. The van der Waals surface area contributed by atoms with Crippen LogP contribution in [-0.4, -0.2) is 47.5 Å². The summed E-state index contributed by atoms with van der Waals surface area (Å²) in [5, 5.41) is 7.57. The summed E-state index contributed by atoms with van der Waals surface area (Å²) in [6, 6.07) is 16.0. The van der Waals surface area contributed by atoms with Gasteiger partial charge in [-0.1, -0.05) is 42.0 Å². The predicted molar refractivity (Wildman–Crippen MR) is 120 cm³/mol. The lowest BCUT2D eigenvalue weighted by Gasteiger charge is -2.27. The van der Waals surface area contributed by atoms with Crippen molar-refractivity contribution in [3.05, 3.63) is 65.2 Å². The number of hydrogen-bond acceptors (Lipinski definition) is 8. The van der Waals surface area contributed by atoms with Gasteiger partial charge in [-0.2, -0.15) is 20.1 Å². The maximum absolute atomic E-state index is 5.44. The molecule has 0 unspecified atom stereocenters. The van der Waals surface area contributed by atoms with Gasteiger partial charge >= 0.3 is 0 Å². The third-order valence-electron chi connectivity index (χ3n) is 4.74. The highest BCUT2D eigenvalue weighted by Gasteiger charge is 2.16. The van der Waals surface area contributed by atoms with E-state index >= 15 is 0 Å². The second kappa shape index (κ2) is 9.32. The van der Waals surface area contributed by atoms with Gasteiger partial charge in [0.15, 0.2) is 0 Å². The van der Waals surface area contributed by atoms with E-state index in [1.54, 1.807) is 6.21 Å². The number of aryl methyl sites for hydroxylation is 2. The first kappa shape index (κ1) is 19.8. The molecule has 154 valence electrons. The van der Waals surface area contributed by atoms with Crippen molar-refractivity contribution >= 4 is 29.7 Å². The van der Waals surface area contributed by atoms with Gasteiger partial charge in [-0.25, -0.2) is 5.43 Å². The Bertz CT molecular complexity index is 1020. The molecule has 0 radical (unpaired) electrons. The van der Waals surface area contributed by atoms with Crippen molar-refractivity contribution < 1.29 is 4.74 Å². The highest BCUT2D eigenvalue weighted by Crippen LogP contribution is 2.18. The fourth-order valence-electron chi connectivity index (χ4n) is 3.16. The Morgan fingerprint density at radius 3 is 2.50 bits per heavy atom. The minimum absolute atomic E-state index is 0.380. The molecular weight excluding hydrogens is 378 g/mol. The number of hydrazone groups is 1. The van der Waals surface area contributed by atoms with Gasteiger partial charge in [-0.05, 0) is 37.1 Å². The van der Waals surface area contributed by atoms with Gasteiger partial charge in [0.05, 0.1) is 19.4 Å². The number of aromatic nitrogens is 3. The van der Waals surface area contributed by atoms with Crippen LogP contribution in [0, 0.1) is 13.8 Å². The third kappa shape index (κ3) is 5.09. The Hall–Kier alpha value is -3.52. The molecule has 0 spiro atoms. The van der Waals surface area contributed by atoms with Crippen LogP contribution in [0.15, 0.2) is 53.6 Å². The molecular formula is C22H25N7O. The molecule has 2 heterocycles. The van der Waals surface area contributed by atoms with Crippen LogP contribution in [0.25, 0.3) is 0 Å². The molecule has 2 N–H and O–H groups in total. The third-order valence-corrected chi connectivity index (χ3v) is 4.74. The quantitative estimate of drug-likeness (QED) is 0.481. The smallest absolute Gasteiger partial charge is 0.250 e. The van der Waals surface area contributed by atoms with Crippen molar-refractivity contribution in [2.45, 2.75) is 13.8 Å². The number of benzene rings is 2. The van der Waals surface area contributed by atoms with Crippen LogP contribution in [0.3, 0.4) is 0 Å². The van der Waals surface area contributed by atoms with Gasteiger partial charge in [-0.15, -0.1) is 0 Å². The van der Waals surface area contributed by atoms with Crippen LogP contribution in [0.2, 0.25) is 0 Å². The summed E-state index contributed by atoms with van der Waals surface area (Å²) < 4.78 is 5.44. The minimum Gasteiger partial charge on any atom is -0.378 e. The summed E-state index contributed by atoms with van der Waals surface area (Å²) in [5.41, 5.74) is 7.28. The van der Waals surface area contributed by atoms with Gasteiger partial charge < -0.3 is 15.0 Å². The first-order chi connectivity index (χ1) is 14.7. The zero-order valence-corrected chi connectivity index (χ0v) is 17.2. The predicted octanol–water partition coefficient (Wildman–Crippen LogP) is 3.51. The lowest BCUT2D eigenvalue weighted by atomic mass is 10.1. The molecule has 0 amide bonds. The first-order valence-corrected chi connectivity index (χ1v) is 9.94. The Balaban J connectivity index is 1.57. The van der Waals surface area contributed by atoms with Crippen molar-refractivity contribution in [2.24, 2.45) is 5.10 Å². The second-order valence-corrected chi connectivity index (χ2v) is 7.10. The van der Waals surface area contributed by atoms with E-state index in [1.807, 2.05) is 36.4 Å². The van der Waals surface area contributed by atoms with Gasteiger partial charge in [0, 0.05) is 18.8 Å². The fourth-order valence-corrected chi connectivity index (χ4v) is 3.16. The van der Waals surface area contributed by atoms with Gasteiger partial charge in [0.1, 0.15) is 0 Å². The standard InChI is InChI=1S/C22H25N7O/c1-16-8-9-18(17(2)14-16)15-23-28-21-25-20(24-19-6-4-3-5-7-19)26-22(27-21)29-10-12-30-13-11-29/h3-9,14-15H,10-13H2,1-2H3,(H2,24,25,26,27,28)/b23-15-. The van der Waals surface area contributed by atoms with E-state index in [1.165, 1.54) is 5.56 Å². The van der Waals surface area contributed by atoms with E-state index in [-0.39, 0.29) is 0 Å². The van der Waals surface area contributed by atoms with Crippen molar-refractivity contribution in [3.63, 3.8) is 0 Å². The summed E-state index contributed by atoms with van der Waals surface area (Å²) in [5.74, 6) is 1.43. The normalized spacial score (nSPS) is 14.1. The number of hydrogen-bond donors (Lipinski definition) is 2. The second-order valence-electron chi connectivity index (χ2n) is 7.10. The number of rotatable bonds is 6. The van der Waals surface area contributed by atoms with Crippen molar-refractivity contribution in [1.29, 1.82) is 0 Å². The van der Waals surface area contributed by atoms with Crippen molar-refractivity contribution in [1.82, 2.24) is 15.0 Å². The molecule has 0 atom stereocenters. The highest BCUT2D eigenvalue weighted by atomic mass is 16.5. The Kier molecular flexibility index (Phi) is 6.14. The summed E-state index contributed by atoms with van der Waals surface area (Å²) >= 11 is 0. The lowest BCUT2D eigenvalue weighted by Crippen LogP contribution is -2.37.